The number of nitrogens with zero attached hydrogens (tertiary/aromatic N) is 2. The van der Waals surface area contributed by atoms with Gasteiger partial charge in [-0.1, -0.05) is 36.0 Å². The second-order valence-corrected chi connectivity index (χ2v) is 8.83. The van der Waals surface area contributed by atoms with Gasteiger partial charge in [-0.05, 0) is 73.0 Å². The van der Waals surface area contributed by atoms with E-state index in [1.807, 2.05) is 37.3 Å². The molecule has 1 saturated heterocycles. The molecule has 3 aromatic carbocycles. The average Bonchev–Trinajstić information content (AvgIpc) is 3.13. The fraction of sp³-hybridized carbons (Fsp3) is 0.115. The lowest BCUT2D eigenvalue weighted by atomic mass is 10.0. The van der Waals surface area contributed by atoms with Crippen LogP contribution in [0.1, 0.15) is 11.1 Å². The van der Waals surface area contributed by atoms with Crippen molar-refractivity contribution in [2.45, 2.75) is 18.6 Å². The highest BCUT2D eigenvalue weighted by Crippen LogP contribution is 2.42. The number of nitrogens with one attached hydrogen (secondary N) is 1. The number of carbonyl (C=O) groups excluding carboxylic acids is 2. The summed E-state index contributed by atoms with van der Waals surface area (Å²) in [5.41, 5.74) is 2.39. The number of halogens is 2. The summed E-state index contributed by atoms with van der Waals surface area (Å²) in [6, 6.07) is 20.0. The molecule has 1 heterocycles. The van der Waals surface area contributed by atoms with Crippen LogP contribution in [-0.4, -0.2) is 17.1 Å². The third kappa shape index (κ3) is 4.85. The predicted molar refractivity (Wildman–Crippen MR) is 128 cm³/mol. The number of nitriles is 1. The highest BCUT2D eigenvalue weighted by atomic mass is 32.2. The van der Waals surface area contributed by atoms with Crippen LogP contribution < -0.4 is 10.2 Å². The van der Waals surface area contributed by atoms with Gasteiger partial charge in [-0.15, -0.1) is 0 Å². The maximum Gasteiger partial charge on any atom is 0.269 e. The van der Waals surface area contributed by atoms with Crippen molar-refractivity contribution in [3.05, 3.63) is 106 Å². The molecule has 0 saturated carbocycles. The zero-order valence-corrected chi connectivity index (χ0v) is 18.9. The monoisotopic (exact) mass is 475 g/mol. The number of amides is 2. The van der Waals surface area contributed by atoms with Crippen LogP contribution in [0.2, 0.25) is 0 Å². The number of aryl methyl sites for hydroxylation is 1. The fourth-order valence-electron chi connectivity index (χ4n) is 3.58. The van der Waals surface area contributed by atoms with Crippen molar-refractivity contribution in [2.75, 3.05) is 10.2 Å². The van der Waals surface area contributed by atoms with E-state index in [1.165, 1.54) is 53.4 Å². The molecule has 0 radical (unpaired) electrons. The largest absolute Gasteiger partial charge is 0.321 e. The molecule has 0 aliphatic carbocycles. The molecular formula is C26H19F2N3O2S. The number of hydrogen-bond donors (Lipinski definition) is 1. The van der Waals surface area contributed by atoms with E-state index in [0.29, 0.717) is 17.8 Å². The average molecular weight is 476 g/mol. The van der Waals surface area contributed by atoms with Crippen LogP contribution in [0.15, 0.2) is 83.4 Å². The lowest BCUT2D eigenvalue weighted by molar-refractivity contribution is -0.117. The molecule has 1 atom stereocenters. The van der Waals surface area contributed by atoms with Gasteiger partial charge in [0, 0.05) is 11.4 Å². The van der Waals surface area contributed by atoms with Crippen molar-refractivity contribution in [3.8, 4) is 6.07 Å². The molecule has 5 nitrogen and oxygen atoms in total. The zero-order chi connectivity index (χ0) is 24.2. The second-order valence-electron chi connectivity index (χ2n) is 7.64. The predicted octanol–water partition coefficient (Wildman–Crippen LogP) is 5.34. The molecule has 1 aliphatic rings. The highest BCUT2D eigenvalue weighted by molar-refractivity contribution is 8.05. The first-order valence-corrected chi connectivity index (χ1v) is 11.3. The Hall–Kier alpha value is -3.96. The van der Waals surface area contributed by atoms with Gasteiger partial charge < -0.3 is 5.32 Å². The molecule has 0 spiro atoms. The number of benzene rings is 3. The number of rotatable bonds is 5. The summed E-state index contributed by atoms with van der Waals surface area (Å²) < 4.78 is 26.7. The Balaban J connectivity index is 1.73. The Labute approximate surface area is 199 Å². The van der Waals surface area contributed by atoms with Crippen LogP contribution in [0.3, 0.4) is 0 Å². The van der Waals surface area contributed by atoms with Gasteiger partial charge in [-0.3, -0.25) is 14.5 Å². The number of carbonyl (C=O) groups is 2. The lowest BCUT2D eigenvalue weighted by Crippen LogP contribution is -2.31. The summed E-state index contributed by atoms with van der Waals surface area (Å²) in [6.45, 7) is 1.95. The Kier molecular flexibility index (Phi) is 6.75. The zero-order valence-electron chi connectivity index (χ0n) is 18.1. The van der Waals surface area contributed by atoms with Crippen LogP contribution in [0.4, 0.5) is 20.2 Å². The molecule has 0 bridgehead atoms. The minimum absolute atomic E-state index is 0.164. The Morgan fingerprint density at radius 1 is 1.03 bits per heavy atom. The van der Waals surface area contributed by atoms with Crippen LogP contribution in [0.25, 0.3) is 0 Å². The number of hydrogen-bond acceptors (Lipinski definition) is 4. The first-order chi connectivity index (χ1) is 16.4. The van der Waals surface area contributed by atoms with E-state index in [-0.39, 0.29) is 16.5 Å². The molecular weight excluding hydrogens is 456 g/mol. The lowest BCUT2D eigenvalue weighted by Gasteiger charge is -2.18. The normalized spacial score (nSPS) is 16.8. The van der Waals surface area contributed by atoms with Gasteiger partial charge in [0.25, 0.3) is 5.91 Å². The van der Waals surface area contributed by atoms with Crippen molar-refractivity contribution in [1.29, 1.82) is 5.26 Å². The standard InChI is InChI=1S/C26H19F2N3O2S/c1-16-4-2-3-5-17(16)14-23-25(33)31(21-12-8-19(28)9-13-21)26(34-23)22(15-29)24(32)30-20-10-6-18(27)7-11-20/h2-13,23H,14H2,1H3,(H,30,32)/b26-22+/t23-/m1/s1. The van der Waals surface area contributed by atoms with Gasteiger partial charge in [0.15, 0.2) is 0 Å². The number of thioether (sulfide) groups is 1. The number of anilines is 2. The molecule has 34 heavy (non-hydrogen) atoms. The minimum Gasteiger partial charge on any atom is -0.321 e. The van der Waals surface area contributed by atoms with Crippen LogP contribution in [-0.2, 0) is 16.0 Å². The summed E-state index contributed by atoms with van der Waals surface area (Å²) in [6.07, 6.45) is 0.398. The minimum atomic E-state index is -0.729. The van der Waals surface area contributed by atoms with Crippen molar-refractivity contribution < 1.29 is 18.4 Å². The van der Waals surface area contributed by atoms with E-state index < -0.39 is 22.8 Å². The van der Waals surface area contributed by atoms with E-state index in [2.05, 4.69) is 5.32 Å². The van der Waals surface area contributed by atoms with Crippen molar-refractivity contribution in [1.82, 2.24) is 0 Å². The smallest absolute Gasteiger partial charge is 0.269 e. The third-order valence-electron chi connectivity index (χ3n) is 5.36. The molecule has 170 valence electrons. The van der Waals surface area contributed by atoms with Crippen molar-refractivity contribution in [3.63, 3.8) is 0 Å². The van der Waals surface area contributed by atoms with E-state index in [0.717, 1.165) is 22.9 Å². The van der Waals surface area contributed by atoms with Crippen LogP contribution in [0, 0.1) is 29.9 Å². The molecule has 4 rings (SSSR count). The first kappa shape index (κ1) is 23.2. The topological polar surface area (TPSA) is 73.2 Å². The maximum atomic E-state index is 13.5. The second kappa shape index (κ2) is 9.89. The van der Waals surface area contributed by atoms with Gasteiger partial charge in [-0.2, -0.15) is 5.26 Å². The molecule has 8 heteroatoms. The van der Waals surface area contributed by atoms with E-state index in [1.54, 1.807) is 0 Å². The molecule has 1 N–H and O–H groups in total. The van der Waals surface area contributed by atoms with Gasteiger partial charge in [-0.25, -0.2) is 8.78 Å². The van der Waals surface area contributed by atoms with Gasteiger partial charge in [0.2, 0.25) is 5.91 Å². The molecule has 2 amide bonds. The molecule has 0 unspecified atom stereocenters. The quantitative estimate of drug-likeness (QED) is 0.400. The fourth-order valence-corrected chi connectivity index (χ4v) is 4.87. The Bertz CT molecular complexity index is 1320. The molecule has 0 aromatic heterocycles. The molecule has 3 aromatic rings. The molecule has 1 fully saturated rings. The highest BCUT2D eigenvalue weighted by Gasteiger charge is 2.41. The van der Waals surface area contributed by atoms with Gasteiger partial charge in [0.1, 0.15) is 28.3 Å². The summed E-state index contributed by atoms with van der Waals surface area (Å²) in [7, 11) is 0. The third-order valence-corrected chi connectivity index (χ3v) is 6.62. The van der Waals surface area contributed by atoms with E-state index >= 15 is 0 Å². The van der Waals surface area contributed by atoms with E-state index in [9.17, 15) is 23.6 Å². The summed E-state index contributed by atoms with van der Waals surface area (Å²) in [5, 5.41) is 12.0. The van der Waals surface area contributed by atoms with Gasteiger partial charge >= 0.3 is 0 Å². The summed E-state index contributed by atoms with van der Waals surface area (Å²) in [5.74, 6) is -1.97. The van der Waals surface area contributed by atoms with Crippen LogP contribution >= 0.6 is 11.8 Å². The van der Waals surface area contributed by atoms with Gasteiger partial charge in [0.05, 0.1) is 5.25 Å². The Morgan fingerprint density at radius 3 is 2.26 bits per heavy atom. The first-order valence-electron chi connectivity index (χ1n) is 10.4. The van der Waals surface area contributed by atoms with E-state index in [4.69, 9.17) is 0 Å². The van der Waals surface area contributed by atoms with Crippen LogP contribution in [0.5, 0.6) is 0 Å². The van der Waals surface area contributed by atoms with Crippen molar-refractivity contribution >= 4 is 35.0 Å². The SMILES string of the molecule is Cc1ccccc1C[C@H]1S/C(=C(\C#N)C(=O)Nc2ccc(F)cc2)N(c2ccc(F)cc2)C1=O. The molecule has 1 aliphatic heterocycles. The maximum absolute atomic E-state index is 13.5. The summed E-state index contributed by atoms with van der Waals surface area (Å²) >= 11 is 1.12. The Morgan fingerprint density at radius 2 is 1.65 bits per heavy atom. The summed E-state index contributed by atoms with van der Waals surface area (Å²) in [4.78, 5) is 27.7. The van der Waals surface area contributed by atoms with Crippen molar-refractivity contribution in [2.24, 2.45) is 0 Å².